The van der Waals surface area contributed by atoms with Crippen molar-refractivity contribution in [1.82, 2.24) is 5.32 Å². The monoisotopic (exact) mass is 287 g/mol. The molecule has 0 radical (unpaired) electrons. The molecule has 1 aliphatic carbocycles. The molecule has 1 heteroatoms. The second kappa shape index (κ2) is 6.52. The molecule has 1 saturated carbocycles. The number of benzene rings is 1. The lowest BCUT2D eigenvalue weighted by molar-refractivity contribution is 0.0132. The molecule has 1 nitrogen and oxygen atoms in total. The lowest BCUT2D eigenvalue weighted by atomic mass is 9.48. The van der Waals surface area contributed by atoms with Crippen LogP contribution in [0.5, 0.6) is 0 Å². The number of nitrogens with one attached hydrogen (secondary N) is 1. The van der Waals surface area contributed by atoms with Gasteiger partial charge in [0, 0.05) is 12.0 Å². The summed E-state index contributed by atoms with van der Waals surface area (Å²) in [6, 6.07) is 9.46. The van der Waals surface area contributed by atoms with E-state index in [4.69, 9.17) is 0 Å². The van der Waals surface area contributed by atoms with Gasteiger partial charge in [0.15, 0.2) is 0 Å². The summed E-state index contributed by atoms with van der Waals surface area (Å²) in [5.74, 6) is 0.621. The molecule has 0 aromatic heterocycles. The average Bonchev–Trinajstić information content (AvgIpc) is 2.47. The molecule has 0 amide bonds. The van der Waals surface area contributed by atoms with E-state index >= 15 is 0 Å². The van der Waals surface area contributed by atoms with Crippen molar-refractivity contribution in [2.45, 2.75) is 71.6 Å². The molecule has 0 saturated heterocycles. The Morgan fingerprint density at radius 1 is 1.00 bits per heavy atom. The van der Waals surface area contributed by atoms with Crippen LogP contribution in [0.1, 0.15) is 77.3 Å². The van der Waals surface area contributed by atoms with E-state index in [-0.39, 0.29) is 0 Å². The summed E-state index contributed by atoms with van der Waals surface area (Å²) >= 11 is 0. The first kappa shape index (κ1) is 16.5. The molecule has 1 aromatic carbocycles. The minimum absolute atomic E-state index is 0.373. The Bertz CT molecular complexity index is 431. The van der Waals surface area contributed by atoms with Crippen LogP contribution in [0.15, 0.2) is 24.3 Å². The van der Waals surface area contributed by atoms with E-state index in [0.29, 0.717) is 16.7 Å². The van der Waals surface area contributed by atoms with Gasteiger partial charge in [0.05, 0.1) is 0 Å². The molecule has 2 rings (SSSR count). The van der Waals surface area contributed by atoms with Crippen molar-refractivity contribution in [3.05, 3.63) is 35.4 Å². The number of hydrogen-bond acceptors (Lipinski definition) is 1. The second-order valence-corrected chi connectivity index (χ2v) is 7.40. The lowest BCUT2D eigenvalue weighted by Crippen LogP contribution is -2.54. The Morgan fingerprint density at radius 2 is 1.57 bits per heavy atom. The zero-order valence-corrected chi connectivity index (χ0v) is 14.6. The molecular weight excluding hydrogens is 254 g/mol. The van der Waals surface area contributed by atoms with Gasteiger partial charge in [-0.25, -0.2) is 0 Å². The predicted octanol–water partition coefficient (Wildman–Crippen LogP) is 5.26. The molecule has 118 valence electrons. The van der Waals surface area contributed by atoms with Gasteiger partial charge in [0.1, 0.15) is 0 Å². The minimum Gasteiger partial charge on any atom is -0.316 e. The van der Waals surface area contributed by atoms with Gasteiger partial charge in [-0.15, -0.1) is 0 Å². The molecule has 0 spiro atoms. The average molecular weight is 287 g/mol. The summed E-state index contributed by atoms with van der Waals surface area (Å²) in [6.07, 6.45) is 5.34. The summed E-state index contributed by atoms with van der Waals surface area (Å²) in [4.78, 5) is 0. The SMILES string of the molecule is CCNCC1(c2ccc(C(C)C)cc2)CC(CC)(CC)C1. The fourth-order valence-electron chi connectivity index (χ4n) is 4.15. The maximum Gasteiger partial charge on any atom is 0.00883 e. The van der Waals surface area contributed by atoms with E-state index < -0.39 is 0 Å². The van der Waals surface area contributed by atoms with Crippen LogP contribution in [-0.2, 0) is 5.41 Å². The van der Waals surface area contributed by atoms with Crippen LogP contribution in [0.2, 0.25) is 0 Å². The first-order valence-electron chi connectivity index (χ1n) is 8.82. The first-order valence-corrected chi connectivity index (χ1v) is 8.82. The molecule has 1 aromatic rings. The van der Waals surface area contributed by atoms with Crippen molar-refractivity contribution < 1.29 is 0 Å². The standard InChI is InChI=1S/C20H33N/c1-6-19(7-2)13-20(14-19,15-21-8-3)18-11-9-17(10-12-18)16(4)5/h9-12,16,21H,6-8,13-15H2,1-5H3. The van der Waals surface area contributed by atoms with Crippen LogP contribution >= 0.6 is 0 Å². The quantitative estimate of drug-likeness (QED) is 0.721. The summed E-state index contributed by atoms with van der Waals surface area (Å²) in [7, 11) is 0. The van der Waals surface area contributed by atoms with Crippen LogP contribution in [-0.4, -0.2) is 13.1 Å². The Balaban J connectivity index is 2.21. The van der Waals surface area contributed by atoms with Gasteiger partial charge in [0.2, 0.25) is 0 Å². The Labute approximate surface area is 131 Å². The topological polar surface area (TPSA) is 12.0 Å². The highest BCUT2D eigenvalue weighted by molar-refractivity contribution is 5.34. The summed E-state index contributed by atoms with van der Waals surface area (Å²) < 4.78 is 0. The Morgan fingerprint density at radius 3 is 2.00 bits per heavy atom. The summed E-state index contributed by atoms with van der Waals surface area (Å²) in [5, 5.41) is 3.61. The van der Waals surface area contributed by atoms with Crippen molar-refractivity contribution in [3.63, 3.8) is 0 Å². The maximum atomic E-state index is 3.61. The molecule has 0 atom stereocenters. The number of rotatable bonds is 7. The van der Waals surface area contributed by atoms with Crippen molar-refractivity contribution in [2.75, 3.05) is 13.1 Å². The molecule has 0 aliphatic heterocycles. The lowest BCUT2D eigenvalue weighted by Gasteiger charge is -2.57. The molecule has 1 aliphatic rings. The fraction of sp³-hybridized carbons (Fsp3) is 0.700. The Kier molecular flexibility index (Phi) is 5.14. The highest BCUT2D eigenvalue weighted by Gasteiger charge is 2.52. The summed E-state index contributed by atoms with van der Waals surface area (Å²) in [5.41, 5.74) is 3.96. The molecule has 21 heavy (non-hydrogen) atoms. The summed E-state index contributed by atoms with van der Waals surface area (Å²) in [6.45, 7) is 13.7. The normalized spacial score (nSPS) is 19.5. The van der Waals surface area contributed by atoms with Crippen LogP contribution in [0.4, 0.5) is 0 Å². The molecular formula is C20H33N. The van der Waals surface area contributed by atoms with Gasteiger partial charge in [-0.2, -0.15) is 0 Å². The molecule has 0 bridgehead atoms. The highest BCUT2D eigenvalue weighted by Crippen LogP contribution is 2.59. The fourth-order valence-corrected chi connectivity index (χ4v) is 4.15. The van der Waals surface area contributed by atoms with Crippen molar-refractivity contribution in [2.24, 2.45) is 5.41 Å². The number of likely N-dealkylation sites (N-methyl/N-ethyl adjacent to an activating group) is 1. The van der Waals surface area contributed by atoms with E-state index in [2.05, 4.69) is 64.2 Å². The van der Waals surface area contributed by atoms with E-state index in [0.717, 1.165) is 13.1 Å². The van der Waals surface area contributed by atoms with Gasteiger partial charge in [-0.1, -0.05) is 71.7 Å². The van der Waals surface area contributed by atoms with E-state index in [1.807, 2.05) is 0 Å². The largest absolute Gasteiger partial charge is 0.316 e. The zero-order valence-electron chi connectivity index (χ0n) is 14.6. The van der Waals surface area contributed by atoms with E-state index in [1.54, 1.807) is 5.56 Å². The third-order valence-corrected chi connectivity index (χ3v) is 5.83. The van der Waals surface area contributed by atoms with E-state index in [9.17, 15) is 0 Å². The molecule has 0 heterocycles. The Hall–Kier alpha value is -0.820. The van der Waals surface area contributed by atoms with Crippen molar-refractivity contribution in [1.29, 1.82) is 0 Å². The van der Waals surface area contributed by atoms with Crippen molar-refractivity contribution in [3.8, 4) is 0 Å². The molecule has 1 fully saturated rings. The van der Waals surface area contributed by atoms with Crippen LogP contribution in [0.25, 0.3) is 0 Å². The maximum absolute atomic E-state index is 3.61. The van der Waals surface area contributed by atoms with Crippen molar-refractivity contribution >= 4 is 0 Å². The van der Waals surface area contributed by atoms with E-state index in [1.165, 1.54) is 31.2 Å². The van der Waals surface area contributed by atoms with Gasteiger partial charge >= 0.3 is 0 Å². The van der Waals surface area contributed by atoms with Crippen LogP contribution in [0, 0.1) is 5.41 Å². The first-order chi connectivity index (χ1) is 10.0. The highest BCUT2D eigenvalue weighted by atomic mass is 14.9. The number of hydrogen-bond donors (Lipinski definition) is 1. The minimum atomic E-state index is 0.373. The van der Waals surface area contributed by atoms with Gasteiger partial charge < -0.3 is 5.32 Å². The zero-order chi connectivity index (χ0) is 15.5. The van der Waals surface area contributed by atoms with Gasteiger partial charge in [-0.3, -0.25) is 0 Å². The van der Waals surface area contributed by atoms with Gasteiger partial charge in [0.25, 0.3) is 0 Å². The third-order valence-electron chi connectivity index (χ3n) is 5.83. The molecule has 0 unspecified atom stereocenters. The van der Waals surface area contributed by atoms with Crippen LogP contribution in [0.3, 0.4) is 0 Å². The predicted molar refractivity (Wildman–Crippen MR) is 93.0 cm³/mol. The van der Waals surface area contributed by atoms with Crippen LogP contribution < -0.4 is 5.32 Å². The van der Waals surface area contributed by atoms with Gasteiger partial charge in [-0.05, 0) is 41.8 Å². The third kappa shape index (κ3) is 3.18. The second-order valence-electron chi connectivity index (χ2n) is 7.40. The molecule has 1 N–H and O–H groups in total. The smallest absolute Gasteiger partial charge is 0.00883 e.